The Morgan fingerprint density at radius 1 is 1.10 bits per heavy atom. The second-order valence-electron chi connectivity index (χ2n) is 8.12. The van der Waals surface area contributed by atoms with Crippen LogP contribution in [-0.2, 0) is 16.6 Å². The van der Waals surface area contributed by atoms with Crippen LogP contribution in [0.3, 0.4) is 0 Å². The predicted molar refractivity (Wildman–Crippen MR) is 113 cm³/mol. The number of rotatable bonds is 5. The first-order valence-corrected chi connectivity index (χ1v) is 10.2. The molecule has 1 aliphatic carbocycles. The molecule has 0 saturated heterocycles. The maximum Gasteiger partial charge on any atom is 0.230 e. The molecule has 5 rings (SSSR count). The van der Waals surface area contributed by atoms with Crippen LogP contribution in [0.2, 0.25) is 0 Å². The fraction of sp³-hybridized carbons (Fsp3) is 0.280. The lowest BCUT2D eigenvalue weighted by Gasteiger charge is -2.18. The number of nitrogens with zero attached hydrogens (tertiary/aromatic N) is 1. The van der Waals surface area contributed by atoms with Gasteiger partial charge in [0.1, 0.15) is 11.9 Å². The number of pyridine rings is 1. The summed E-state index contributed by atoms with van der Waals surface area (Å²) in [5, 5.41) is 3.15. The topological polar surface area (TPSA) is 51.2 Å². The van der Waals surface area contributed by atoms with Crippen LogP contribution >= 0.6 is 0 Å². The molecule has 1 saturated carbocycles. The zero-order chi connectivity index (χ0) is 19.8. The minimum atomic E-state index is -0.344. The van der Waals surface area contributed by atoms with E-state index in [9.17, 15) is 4.79 Å². The molecule has 0 spiro atoms. The third-order valence-electron chi connectivity index (χ3n) is 6.02. The molecular formula is C25H24N2O2. The maximum atomic E-state index is 12.9. The van der Waals surface area contributed by atoms with Gasteiger partial charge in [0, 0.05) is 18.2 Å². The predicted octanol–water partition coefficient (Wildman–Crippen LogP) is 4.21. The van der Waals surface area contributed by atoms with Crippen molar-refractivity contribution in [1.29, 1.82) is 0 Å². The fourth-order valence-electron chi connectivity index (χ4n) is 4.19. The molecule has 3 aromatic rings. The second-order valence-corrected chi connectivity index (χ2v) is 8.12. The van der Waals surface area contributed by atoms with Gasteiger partial charge in [-0.25, -0.2) is 0 Å². The summed E-state index contributed by atoms with van der Waals surface area (Å²) in [6.07, 6.45) is 4.45. The molecule has 146 valence electrons. The van der Waals surface area contributed by atoms with Crippen LogP contribution in [0.15, 0.2) is 66.9 Å². The van der Waals surface area contributed by atoms with Crippen molar-refractivity contribution in [3.63, 3.8) is 0 Å². The zero-order valence-corrected chi connectivity index (χ0v) is 16.5. The Balaban J connectivity index is 1.28. The average molecular weight is 384 g/mol. The third-order valence-corrected chi connectivity index (χ3v) is 6.02. The number of aromatic nitrogens is 1. The molecule has 0 bridgehead atoms. The van der Waals surface area contributed by atoms with Crippen molar-refractivity contribution in [3.8, 4) is 17.0 Å². The van der Waals surface area contributed by atoms with Crippen LogP contribution in [0, 0.1) is 6.92 Å². The monoisotopic (exact) mass is 384 g/mol. The molecule has 29 heavy (non-hydrogen) atoms. The highest BCUT2D eigenvalue weighted by atomic mass is 16.5. The Hall–Kier alpha value is -3.14. The van der Waals surface area contributed by atoms with Gasteiger partial charge in [-0.1, -0.05) is 48.5 Å². The van der Waals surface area contributed by atoms with Crippen LogP contribution in [0.4, 0.5) is 0 Å². The Bertz CT molecular complexity index is 1040. The van der Waals surface area contributed by atoms with Crippen molar-refractivity contribution >= 4 is 5.91 Å². The quantitative estimate of drug-likeness (QED) is 0.717. The van der Waals surface area contributed by atoms with Crippen molar-refractivity contribution in [2.24, 2.45) is 0 Å². The van der Waals surface area contributed by atoms with Gasteiger partial charge in [-0.3, -0.25) is 9.78 Å². The number of hydrogen-bond acceptors (Lipinski definition) is 3. The highest BCUT2D eigenvalue weighted by molar-refractivity contribution is 5.91. The van der Waals surface area contributed by atoms with Crippen LogP contribution in [0.25, 0.3) is 11.3 Å². The molecule has 1 atom stereocenters. The van der Waals surface area contributed by atoms with Gasteiger partial charge in [0.05, 0.1) is 17.7 Å². The van der Waals surface area contributed by atoms with Gasteiger partial charge >= 0.3 is 0 Å². The molecular weight excluding hydrogens is 360 g/mol. The molecule has 1 aromatic heterocycles. The van der Waals surface area contributed by atoms with E-state index < -0.39 is 0 Å². The van der Waals surface area contributed by atoms with Gasteiger partial charge in [0.15, 0.2) is 0 Å². The van der Waals surface area contributed by atoms with Gasteiger partial charge in [0.2, 0.25) is 5.91 Å². The Labute approximate surface area is 170 Å². The normalized spacial score (nSPS) is 18.6. The van der Waals surface area contributed by atoms with E-state index in [0.29, 0.717) is 6.54 Å². The lowest BCUT2D eigenvalue weighted by molar-refractivity contribution is -0.123. The first kappa shape index (κ1) is 17.9. The largest absolute Gasteiger partial charge is 0.487 e. The molecule has 2 aliphatic rings. The molecule has 1 amide bonds. The highest BCUT2D eigenvalue weighted by Gasteiger charge is 2.51. The van der Waals surface area contributed by atoms with Crippen LogP contribution < -0.4 is 10.1 Å². The van der Waals surface area contributed by atoms with E-state index in [4.69, 9.17) is 4.74 Å². The van der Waals surface area contributed by atoms with E-state index in [1.807, 2.05) is 43.5 Å². The average Bonchev–Trinajstić information content (AvgIpc) is 3.46. The molecule has 1 aliphatic heterocycles. The van der Waals surface area contributed by atoms with Crippen LogP contribution in [0.1, 0.15) is 29.5 Å². The van der Waals surface area contributed by atoms with Gasteiger partial charge in [-0.2, -0.15) is 0 Å². The Kier molecular flexibility index (Phi) is 4.35. The zero-order valence-electron chi connectivity index (χ0n) is 16.5. The van der Waals surface area contributed by atoms with Crippen molar-refractivity contribution in [2.45, 2.75) is 37.7 Å². The number of nitrogens with one attached hydrogen (secondary N) is 1. The summed E-state index contributed by atoms with van der Waals surface area (Å²) in [4.78, 5) is 17.5. The van der Waals surface area contributed by atoms with Crippen LogP contribution in [0.5, 0.6) is 5.75 Å². The number of aryl methyl sites for hydroxylation is 1. The number of hydrogen-bond donors (Lipinski definition) is 1. The Morgan fingerprint density at radius 3 is 2.66 bits per heavy atom. The number of ether oxygens (including phenoxy) is 1. The summed E-state index contributed by atoms with van der Waals surface area (Å²) in [7, 11) is 0. The van der Waals surface area contributed by atoms with E-state index in [0.717, 1.165) is 47.4 Å². The molecule has 4 heteroatoms. The number of carbonyl (C=O) groups excluding carboxylic acids is 1. The van der Waals surface area contributed by atoms with Gasteiger partial charge in [-0.15, -0.1) is 0 Å². The number of carbonyl (C=O) groups is 1. The molecule has 0 unspecified atom stereocenters. The first-order valence-electron chi connectivity index (χ1n) is 10.2. The minimum absolute atomic E-state index is 0.0490. The van der Waals surface area contributed by atoms with Crippen molar-refractivity contribution in [3.05, 3.63) is 83.6 Å². The molecule has 4 nitrogen and oxygen atoms in total. The molecule has 1 N–H and O–H groups in total. The van der Waals surface area contributed by atoms with Crippen molar-refractivity contribution < 1.29 is 9.53 Å². The minimum Gasteiger partial charge on any atom is -0.487 e. The summed E-state index contributed by atoms with van der Waals surface area (Å²) < 4.78 is 6.26. The van der Waals surface area contributed by atoms with Gasteiger partial charge < -0.3 is 10.1 Å². The summed E-state index contributed by atoms with van der Waals surface area (Å²) in [6.45, 7) is 2.55. The summed E-state index contributed by atoms with van der Waals surface area (Å²) >= 11 is 0. The maximum absolute atomic E-state index is 12.9. The summed E-state index contributed by atoms with van der Waals surface area (Å²) in [5.41, 5.74) is 5.01. The van der Waals surface area contributed by atoms with Crippen molar-refractivity contribution in [1.82, 2.24) is 10.3 Å². The highest BCUT2D eigenvalue weighted by Crippen LogP contribution is 2.48. The lowest BCUT2D eigenvalue weighted by Crippen LogP contribution is -2.40. The van der Waals surface area contributed by atoms with Crippen molar-refractivity contribution in [2.75, 3.05) is 6.54 Å². The first-order chi connectivity index (χ1) is 14.2. The number of benzene rings is 2. The lowest BCUT2D eigenvalue weighted by atomic mass is 9.95. The molecule has 0 radical (unpaired) electrons. The number of amides is 1. The summed E-state index contributed by atoms with van der Waals surface area (Å²) in [5.74, 6) is 1.01. The number of fused-ring (bicyclic) bond motifs is 1. The number of para-hydroxylation sites is 1. The van der Waals surface area contributed by atoms with Crippen LogP contribution in [-0.4, -0.2) is 23.5 Å². The van der Waals surface area contributed by atoms with E-state index in [2.05, 4.69) is 40.6 Å². The SMILES string of the molecule is Cc1ccc(-c2cccc3c2O[C@H](CNC(=O)C2(c4ccccc4)CC2)C3)nc1. The smallest absolute Gasteiger partial charge is 0.230 e. The van der Waals surface area contributed by atoms with E-state index >= 15 is 0 Å². The standard InChI is InChI=1S/C25H24N2O2/c1-17-10-11-22(26-15-17)21-9-5-6-18-14-20(29-23(18)21)16-27-24(28)25(12-13-25)19-7-3-2-4-8-19/h2-11,15,20H,12-14,16H2,1H3,(H,27,28)/t20-/m0/s1. The van der Waals surface area contributed by atoms with E-state index in [1.54, 1.807) is 0 Å². The van der Waals surface area contributed by atoms with E-state index in [-0.39, 0.29) is 17.4 Å². The Morgan fingerprint density at radius 2 is 1.93 bits per heavy atom. The second kappa shape index (κ2) is 7.03. The fourth-order valence-corrected chi connectivity index (χ4v) is 4.19. The van der Waals surface area contributed by atoms with Gasteiger partial charge in [0.25, 0.3) is 0 Å². The molecule has 2 aromatic carbocycles. The molecule has 2 heterocycles. The molecule has 1 fully saturated rings. The summed E-state index contributed by atoms with van der Waals surface area (Å²) in [6, 6.07) is 20.4. The van der Waals surface area contributed by atoms with E-state index in [1.165, 1.54) is 5.56 Å². The third kappa shape index (κ3) is 3.29. The van der Waals surface area contributed by atoms with Gasteiger partial charge in [-0.05, 0) is 48.6 Å².